The Balaban J connectivity index is 1.62. The summed E-state index contributed by atoms with van der Waals surface area (Å²) in [6.07, 6.45) is 0.481. The summed E-state index contributed by atoms with van der Waals surface area (Å²) in [7, 11) is 0. The molecule has 0 radical (unpaired) electrons. The van der Waals surface area contributed by atoms with Crippen molar-refractivity contribution in [3.05, 3.63) is 35.4 Å². The molecule has 1 fully saturated rings. The number of amides is 2. The number of carbonyl (C=O) groups excluding carboxylic acids is 2. The quantitative estimate of drug-likeness (QED) is 0.882. The first-order chi connectivity index (χ1) is 10.1. The maximum Gasteiger partial charge on any atom is 0.308 e. The van der Waals surface area contributed by atoms with E-state index in [9.17, 15) is 14.4 Å². The lowest BCUT2D eigenvalue weighted by atomic mass is 10.1. The molecule has 3 rings (SSSR count). The zero-order chi connectivity index (χ0) is 15.0. The molecule has 0 bridgehead atoms. The largest absolute Gasteiger partial charge is 0.481 e. The molecule has 110 valence electrons. The second-order valence-corrected chi connectivity index (χ2v) is 5.48. The Bertz CT molecular complexity index is 613. The Labute approximate surface area is 122 Å². The van der Waals surface area contributed by atoms with E-state index in [1.807, 2.05) is 12.1 Å². The molecule has 1 atom stereocenters. The van der Waals surface area contributed by atoms with Crippen LogP contribution in [0, 0.1) is 5.92 Å². The average Bonchev–Trinajstić information content (AvgIpc) is 3.06. The van der Waals surface area contributed by atoms with Gasteiger partial charge in [0.1, 0.15) is 6.54 Å². The van der Waals surface area contributed by atoms with E-state index in [1.54, 1.807) is 12.1 Å². The third kappa shape index (κ3) is 2.49. The number of carboxylic acid groups (broad SMARTS) is 1. The van der Waals surface area contributed by atoms with Crippen molar-refractivity contribution in [3.8, 4) is 0 Å². The zero-order valence-corrected chi connectivity index (χ0v) is 11.5. The van der Waals surface area contributed by atoms with E-state index in [0.717, 1.165) is 5.56 Å². The molecule has 1 unspecified atom stereocenters. The van der Waals surface area contributed by atoms with Crippen molar-refractivity contribution in [1.29, 1.82) is 0 Å². The maximum atomic E-state index is 12.2. The summed E-state index contributed by atoms with van der Waals surface area (Å²) in [5.74, 6) is -1.66. The van der Waals surface area contributed by atoms with Gasteiger partial charge in [0.05, 0.1) is 5.92 Å². The van der Waals surface area contributed by atoms with Crippen LogP contribution in [0.5, 0.6) is 0 Å². The van der Waals surface area contributed by atoms with E-state index in [4.69, 9.17) is 5.11 Å². The first-order valence-corrected chi connectivity index (χ1v) is 6.94. The Morgan fingerprint density at radius 3 is 2.71 bits per heavy atom. The van der Waals surface area contributed by atoms with Gasteiger partial charge < -0.3 is 14.9 Å². The molecule has 1 aromatic carbocycles. The van der Waals surface area contributed by atoms with Crippen molar-refractivity contribution in [2.24, 2.45) is 5.92 Å². The fourth-order valence-corrected chi connectivity index (χ4v) is 2.89. The van der Waals surface area contributed by atoms with Gasteiger partial charge in [-0.1, -0.05) is 18.2 Å². The van der Waals surface area contributed by atoms with E-state index in [0.29, 0.717) is 25.1 Å². The van der Waals surface area contributed by atoms with Gasteiger partial charge in [-0.15, -0.1) is 0 Å². The van der Waals surface area contributed by atoms with Gasteiger partial charge in [-0.3, -0.25) is 14.4 Å². The number of nitrogens with zero attached hydrogens (tertiary/aromatic N) is 2. The first-order valence-electron chi connectivity index (χ1n) is 6.94. The maximum absolute atomic E-state index is 12.2. The normalized spacial score (nSPS) is 20.8. The summed E-state index contributed by atoms with van der Waals surface area (Å²) in [5.41, 5.74) is 1.58. The predicted molar refractivity (Wildman–Crippen MR) is 73.5 cm³/mol. The van der Waals surface area contributed by atoms with Crippen LogP contribution < -0.4 is 0 Å². The number of hydrogen-bond acceptors (Lipinski definition) is 3. The highest BCUT2D eigenvalue weighted by Crippen LogP contribution is 2.23. The van der Waals surface area contributed by atoms with Crippen LogP contribution in [-0.4, -0.2) is 52.3 Å². The van der Waals surface area contributed by atoms with Gasteiger partial charge >= 0.3 is 5.97 Å². The first kappa shape index (κ1) is 13.6. The molecule has 6 heteroatoms. The van der Waals surface area contributed by atoms with Crippen molar-refractivity contribution in [2.75, 3.05) is 19.6 Å². The smallest absolute Gasteiger partial charge is 0.308 e. The molecule has 21 heavy (non-hydrogen) atoms. The Hall–Kier alpha value is -2.37. The molecule has 1 aromatic rings. The van der Waals surface area contributed by atoms with E-state index < -0.39 is 11.9 Å². The standard InChI is InChI=1S/C15H16N2O4/c18-13(16-6-5-11(8-16)15(20)21)9-17-7-10-3-1-2-4-12(10)14(17)19/h1-4,11H,5-9H2,(H,20,21). The van der Waals surface area contributed by atoms with Crippen molar-refractivity contribution in [3.63, 3.8) is 0 Å². The molecule has 0 aromatic heterocycles. The van der Waals surface area contributed by atoms with Crippen LogP contribution in [0.2, 0.25) is 0 Å². The van der Waals surface area contributed by atoms with E-state index >= 15 is 0 Å². The van der Waals surface area contributed by atoms with Gasteiger partial charge in [-0.2, -0.15) is 0 Å². The lowest BCUT2D eigenvalue weighted by molar-refractivity contribution is -0.141. The van der Waals surface area contributed by atoms with Crippen LogP contribution >= 0.6 is 0 Å². The van der Waals surface area contributed by atoms with Crippen LogP contribution in [0.4, 0.5) is 0 Å². The summed E-state index contributed by atoms with van der Waals surface area (Å²) < 4.78 is 0. The average molecular weight is 288 g/mol. The molecule has 2 aliphatic rings. The number of hydrogen-bond donors (Lipinski definition) is 1. The number of carboxylic acids is 1. The molecule has 2 aliphatic heterocycles. The highest BCUT2D eigenvalue weighted by molar-refractivity contribution is 6.00. The fraction of sp³-hybridized carbons (Fsp3) is 0.400. The Morgan fingerprint density at radius 2 is 2.05 bits per heavy atom. The number of likely N-dealkylation sites (tertiary alicyclic amines) is 1. The highest BCUT2D eigenvalue weighted by atomic mass is 16.4. The van der Waals surface area contributed by atoms with Crippen molar-refractivity contribution in [1.82, 2.24) is 9.80 Å². The third-order valence-electron chi connectivity index (χ3n) is 4.11. The fourth-order valence-electron chi connectivity index (χ4n) is 2.89. The Morgan fingerprint density at radius 1 is 1.29 bits per heavy atom. The third-order valence-corrected chi connectivity index (χ3v) is 4.11. The van der Waals surface area contributed by atoms with Crippen molar-refractivity contribution < 1.29 is 19.5 Å². The molecule has 1 N–H and O–H groups in total. The number of carbonyl (C=O) groups is 3. The lowest BCUT2D eigenvalue weighted by Crippen LogP contribution is -2.39. The van der Waals surface area contributed by atoms with Crippen molar-refractivity contribution >= 4 is 17.8 Å². The zero-order valence-electron chi connectivity index (χ0n) is 11.5. The molecule has 6 nitrogen and oxygen atoms in total. The van der Waals surface area contributed by atoms with Gasteiger partial charge in [-0.25, -0.2) is 0 Å². The SMILES string of the molecule is O=C(O)C1CCN(C(=O)CN2Cc3ccccc3C2=O)C1. The molecule has 0 saturated carbocycles. The number of aliphatic carboxylic acids is 1. The van der Waals surface area contributed by atoms with E-state index in [2.05, 4.69) is 0 Å². The number of benzene rings is 1. The number of fused-ring (bicyclic) bond motifs is 1. The van der Waals surface area contributed by atoms with Crippen LogP contribution in [0.25, 0.3) is 0 Å². The topological polar surface area (TPSA) is 77.9 Å². The summed E-state index contributed by atoms with van der Waals surface area (Å²) in [6.45, 7) is 1.14. The molecule has 2 amide bonds. The van der Waals surface area contributed by atoms with Gasteiger partial charge in [0.25, 0.3) is 5.91 Å². The predicted octanol–water partition coefficient (Wildman–Crippen LogP) is 0.575. The summed E-state index contributed by atoms with van der Waals surface area (Å²) in [5, 5.41) is 8.95. The molecular weight excluding hydrogens is 272 g/mol. The van der Waals surface area contributed by atoms with Crippen LogP contribution in [0.3, 0.4) is 0 Å². The van der Waals surface area contributed by atoms with Gasteiger partial charge in [0.2, 0.25) is 5.91 Å². The molecular formula is C15H16N2O4. The van der Waals surface area contributed by atoms with Gasteiger partial charge in [-0.05, 0) is 18.1 Å². The van der Waals surface area contributed by atoms with Crippen molar-refractivity contribution in [2.45, 2.75) is 13.0 Å². The summed E-state index contributed by atoms with van der Waals surface area (Å²) in [6, 6.07) is 7.32. The minimum absolute atomic E-state index is 0.0137. The molecule has 1 saturated heterocycles. The monoisotopic (exact) mass is 288 g/mol. The van der Waals surface area contributed by atoms with Crippen LogP contribution in [0.15, 0.2) is 24.3 Å². The van der Waals surface area contributed by atoms with E-state index in [-0.39, 0.29) is 24.9 Å². The van der Waals surface area contributed by atoms with Gasteiger partial charge in [0.15, 0.2) is 0 Å². The summed E-state index contributed by atoms with van der Waals surface area (Å²) >= 11 is 0. The van der Waals surface area contributed by atoms with E-state index in [1.165, 1.54) is 9.80 Å². The van der Waals surface area contributed by atoms with Crippen LogP contribution in [0.1, 0.15) is 22.3 Å². The molecule has 0 spiro atoms. The van der Waals surface area contributed by atoms with Gasteiger partial charge in [0, 0.05) is 25.2 Å². The second-order valence-electron chi connectivity index (χ2n) is 5.48. The molecule has 0 aliphatic carbocycles. The van der Waals surface area contributed by atoms with Crippen LogP contribution in [-0.2, 0) is 16.1 Å². The lowest BCUT2D eigenvalue weighted by Gasteiger charge is -2.20. The second kappa shape index (κ2) is 5.20. The Kier molecular flexibility index (Phi) is 3.37. The molecule has 2 heterocycles. The minimum Gasteiger partial charge on any atom is -0.481 e. The minimum atomic E-state index is -0.866. The number of rotatable bonds is 3. The highest BCUT2D eigenvalue weighted by Gasteiger charge is 2.34. The summed E-state index contributed by atoms with van der Waals surface area (Å²) in [4.78, 5) is 38.4.